The zero-order chi connectivity index (χ0) is 13.9. The molecule has 0 spiro atoms. The van der Waals surface area contributed by atoms with Gasteiger partial charge in [-0.05, 0) is 59.9 Å². The zero-order valence-electron chi connectivity index (χ0n) is 11.4. The quantitative estimate of drug-likeness (QED) is 0.887. The van der Waals surface area contributed by atoms with Crippen LogP contribution < -0.4 is 10.6 Å². The van der Waals surface area contributed by atoms with Crippen LogP contribution >= 0.6 is 15.9 Å². The van der Waals surface area contributed by atoms with Gasteiger partial charge in [0.15, 0.2) is 0 Å². The van der Waals surface area contributed by atoms with Crippen molar-refractivity contribution in [3.63, 3.8) is 0 Å². The van der Waals surface area contributed by atoms with Crippen LogP contribution in [0.25, 0.3) is 0 Å². The van der Waals surface area contributed by atoms with Crippen LogP contribution in [-0.2, 0) is 4.79 Å². The number of anilines is 1. The Bertz CT molecular complexity index is 494. The first-order valence-corrected chi connectivity index (χ1v) is 8.02. The minimum absolute atomic E-state index is 0.0736. The first kappa shape index (κ1) is 14.0. The van der Waals surface area contributed by atoms with Gasteiger partial charge in [-0.2, -0.15) is 0 Å². The summed E-state index contributed by atoms with van der Waals surface area (Å²) in [5.74, 6) is 0.796. The number of carbonyl (C=O) groups excluding carboxylic acids is 1. The van der Waals surface area contributed by atoms with Crippen LogP contribution in [0.3, 0.4) is 0 Å². The minimum atomic E-state index is 0.0736. The van der Waals surface area contributed by atoms with Gasteiger partial charge >= 0.3 is 0 Å². The first-order valence-electron chi connectivity index (χ1n) is 7.23. The molecule has 5 heteroatoms. The number of nitrogens with one attached hydrogen (secondary N) is 2. The third-order valence-corrected chi connectivity index (χ3v) is 4.98. The molecule has 20 heavy (non-hydrogen) atoms. The Morgan fingerprint density at radius 2 is 2.25 bits per heavy atom. The average molecular weight is 338 g/mol. The molecule has 1 aromatic carbocycles. The lowest BCUT2D eigenvalue weighted by Crippen LogP contribution is -2.48. The molecule has 0 bridgehead atoms. The topological polar surface area (TPSA) is 44.4 Å². The maximum absolute atomic E-state index is 12.2. The molecule has 0 saturated carbocycles. The number of fused-ring (bicyclic) bond motifs is 1. The van der Waals surface area contributed by atoms with E-state index in [1.807, 2.05) is 24.3 Å². The number of para-hydroxylation sites is 1. The molecular formula is C15H20BrN3O. The predicted molar refractivity (Wildman–Crippen MR) is 83.7 cm³/mol. The van der Waals surface area contributed by atoms with E-state index in [1.54, 1.807) is 0 Å². The largest absolute Gasteiger partial charge is 0.324 e. The molecule has 2 unspecified atom stereocenters. The van der Waals surface area contributed by atoms with E-state index in [2.05, 4.69) is 31.5 Å². The van der Waals surface area contributed by atoms with Gasteiger partial charge in [0.2, 0.25) is 5.91 Å². The average Bonchev–Trinajstić information content (AvgIpc) is 2.91. The van der Waals surface area contributed by atoms with E-state index in [4.69, 9.17) is 0 Å². The van der Waals surface area contributed by atoms with Crippen molar-refractivity contribution in [2.45, 2.75) is 18.9 Å². The van der Waals surface area contributed by atoms with Crippen molar-refractivity contribution < 1.29 is 4.79 Å². The lowest BCUT2D eigenvalue weighted by molar-refractivity contribution is -0.118. The van der Waals surface area contributed by atoms with Crippen molar-refractivity contribution in [3.05, 3.63) is 28.7 Å². The Balaban J connectivity index is 1.60. The van der Waals surface area contributed by atoms with Crippen molar-refractivity contribution in [1.29, 1.82) is 0 Å². The maximum atomic E-state index is 12.2. The number of benzene rings is 1. The highest BCUT2D eigenvalue weighted by atomic mass is 79.9. The number of halogens is 1. The number of hydrogen-bond donors (Lipinski definition) is 2. The van der Waals surface area contributed by atoms with Crippen LogP contribution in [0, 0.1) is 5.92 Å². The van der Waals surface area contributed by atoms with Crippen LogP contribution in [-0.4, -0.2) is 43.0 Å². The van der Waals surface area contributed by atoms with E-state index < -0.39 is 0 Å². The van der Waals surface area contributed by atoms with Crippen LogP contribution in [0.2, 0.25) is 0 Å². The summed E-state index contributed by atoms with van der Waals surface area (Å²) < 4.78 is 0.924. The van der Waals surface area contributed by atoms with Crippen LogP contribution in [0.5, 0.6) is 0 Å². The summed E-state index contributed by atoms with van der Waals surface area (Å²) in [5, 5.41) is 6.43. The standard InChI is InChI=1S/C15H20BrN3O/c16-12-5-1-2-6-13(12)18-15(20)10-19-7-3-4-11-8-17-9-14(11)19/h1-2,5-6,11,14,17H,3-4,7-10H2,(H,18,20). The molecule has 0 aromatic heterocycles. The fraction of sp³-hybridized carbons (Fsp3) is 0.533. The third kappa shape index (κ3) is 3.05. The van der Waals surface area contributed by atoms with E-state index in [0.717, 1.165) is 35.7 Å². The summed E-state index contributed by atoms with van der Waals surface area (Å²) in [6.45, 7) is 3.65. The van der Waals surface area contributed by atoms with Gasteiger partial charge in [-0.3, -0.25) is 9.69 Å². The van der Waals surface area contributed by atoms with Crippen molar-refractivity contribution in [1.82, 2.24) is 10.2 Å². The lowest BCUT2D eigenvalue weighted by Gasteiger charge is -2.36. The highest BCUT2D eigenvalue weighted by molar-refractivity contribution is 9.10. The monoisotopic (exact) mass is 337 g/mol. The number of carbonyl (C=O) groups is 1. The van der Waals surface area contributed by atoms with E-state index in [-0.39, 0.29) is 5.91 Å². The van der Waals surface area contributed by atoms with Gasteiger partial charge in [-0.15, -0.1) is 0 Å². The second-order valence-electron chi connectivity index (χ2n) is 5.63. The Morgan fingerprint density at radius 1 is 1.40 bits per heavy atom. The van der Waals surface area contributed by atoms with E-state index in [0.29, 0.717) is 12.6 Å². The molecule has 2 N–H and O–H groups in total. The number of likely N-dealkylation sites (tertiary alicyclic amines) is 1. The molecule has 1 amide bonds. The number of nitrogens with zero attached hydrogens (tertiary/aromatic N) is 1. The van der Waals surface area contributed by atoms with Gasteiger partial charge in [0.05, 0.1) is 12.2 Å². The molecule has 2 aliphatic rings. The Kier molecular flexibility index (Phi) is 4.38. The molecule has 2 fully saturated rings. The molecule has 2 saturated heterocycles. The SMILES string of the molecule is O=C(CN1CCCC2CNCC21)Nc1ccccc1Br. The van der Waals surface area contributed by atoms with Crippen LogP contribution in [0.1, 0.15) is 12.8 Å². The van der Waals surface area contributed by atoms with E-state index in [1.165, 1.54) is 12.8 Å². The van der Waals surface area contributed by atoms with Gasteiger partial charge in [-0.1, -0.05) is 12.1 Å². The third-order valence-electron chi connectivity index (χ3n) is 4.29. The van der Waals surface area contributed by atoms with Crippen molar-refractivity contribution in [3.8, 4) is 0 Å². The molecular weight excluding hydrogens is 318 g/mol. The second kappa shape index (κ2) is 6.24. The lowest BCUT2D eigenvalue weighted by atomic mass is 9.92. The van der Waals surface area contributed by atoms with Gasteiger partial charge in [-0.25, -0.2) is 0 Å². The van der Waals surface area contributed by atoms with Gasteiger partial charge in [0, 0.05) is 17.1 Å². The molecule has 0 aliphatic carbocycles. The van der Waals surface area contributed by atoms with Gasteiger partial charge < -0.3 is 10.6 Å². The zero-order valence-corrected chi connectivity index (χ0v) is 13.0. The summed E-state index contributed by atoms with van der Waals surface area (Å²) in [7, 11) is 0. The van der Waals surface area contributed by atoms with E-state index >= 15 is 0 Å². The number of amides is 1. The van der Waals surface area contributed by atoms with Gasteiger partial charge in [0.1, 0.15) is 0 Å². The van der Waals surface area contributed by atoms with Crippen LogP contribution in [0.15, 0.2) is 28.7 Å². The number of piperidine rings is 1. The number of hydrogen-bond acceptors (Lipinski definition) is 3. The number of rotatable bonds is 3. The predicted octanol–water partition coefficient (Wildman–Crippen LogP) is 2.07. The smallest absolute Gasteiger partial charge is 0.238 e. The molecule has 4 nitrogen and oxygen atoms in total. The molecule has 0 radical (unpaired) electrons. The van der Waals surface area contributed by atoms with Gasteiger partial charge in [0.25, 0.3) is 0 Å². The highest BCUT2D eigenvalue weighted by Gasteiger charge is 2.35. The Morgan fingerprint density at radius 3 is 3.10 bits per heavy atom. The fourth-order valence-corrected chi connectivity index (χ4v) is 3.68. The normalized spacial score (nSPS) is 26.2. The summed E-state index contributed by atoms with van der Waals surface area (Å²) in [4.78, 5) is 14.6. The first-order chi connectivity index (χ1) is 9.74. The maximum Gasteiger partial charge on any atom is 0.238 e. The molecule has 1 aromatic rings. The summed E-state index contributed by atoms with van der Waals surface area (Å²) in [6.07, 6.45) is 2.49. The molecule has 3 rings (SSSR count). The summed E-state index contributed by atoms with van der Waals surface area (Å²) in [6, 6.07) is 8.26. The van der Waals surface area contributed by atoms with E-state index in [9.17, 15) is 4.79 Å². The molecule has 2 aliphatic heterocycles. The van der Waals surface area contributed by atoms with Crippen molar-refractivity contribution in [2.24, 2.45) is 5.92 Å². The summed E-state index contributed by atoms with van der Waals surface area (Å²) in [5.41, 5.74) is 0.843. The Labute approximate surface area is 128 Å². The Hall–Kier alpha value is -0.910. The summed E-state index contributed by atoms with van der Waals surface area (Å²) >= 11 is 3.46. The highest BCUT2D eigenvalue weighted by Crippen LogP contribution is 2.26. The minimum Gasteiger partial charge on any atom is -0.324 e. The van der Waals surface area contributed by atoms with Crippen molar-refractivity contribution in [2.75, 3.05) is 31.5 Å². The fourth-order valence-electron chi connectivity index (χ4n) is 3.30. The molecule has 2 heterocycles. The second-order valence-corrected chi connectivity index (χ2v) is 6.48. The molecule has 108 valence electrons. The van der Waals surface area contributed by atoms with Crippen LogP contribution in [0.4, 0.5) is 5.69 Å². The van der Waals surface area contributed by atoms with Crippen molar-refractivity contribution >= 4 is 27.5 Å². The molecule has 2 atom stereocenters.